The SMILES string of the molecule is COc1ccc(F)cc1C1(O)CCCC(C(F)(F)F)C1. The van der Waals surface area contributed by atoms with Gasteiger partial charge >= 0.3 is 6.18 Å². The maximum atomic E-state index is 13.4. The molecule has 0 saturated heterocycles. The Labute approximate surface area is 114 Å². The molecule has 0 radical (unpaired) electrons. The lowest BCUT2D eigenvalue weighted by molar-refractivity contribution is -0.202. The lowest BCUT2D eigenvalue weighted by Gasteiger charge is -2.38. The van der Waals surface area contributed by atoms with Crippen molar-refractivity contribution in [1.29, 1.82) is 0 Å². The average Bonchev–Trinajstić information content (AvgIpc) is 2.38. The molecular weight excluding hydrogens is 276 g/mol. The molecule has 0 spiro atoms. The van der Waals surface area contributed by atoms with Crippen molar-refractivity contribution < 1.29 is 27.4 Å². The first-order valence-electron chi connectivity index (χ1n) is 6.39. The van der Waals surface area contributed by atoms with Gasteiger partial charge in [-0.2, -0.15) is 13.2 Å². The maximum absolute atomic E-state index is 13.4. The molecule has 2 unspecified atom stereocenters. The Kier molecular flexibility index (Phi) is 3.95. The van der Waals surface area contributed by atoms with Crippen molar-refractivity contribution in [2.45, 2.75) is 37.5 Å². The van der Waals surface area contributed by atoms with Crippen molar-refractivity contribution in [3.63, 3.8) is 0 Å². The molecule has 0 heterocycles. The van der Waals surface area contributed by atoms with Crippen LogP contribution in [-0.2, 0) is 5.60 Å². The second-order valence-corrected chi connectivity index (χ2v) is 5.21. The summed E-state index contributed by atoms with van der Waals surface area (Å²) in [5, 5.41) is 10.6. The van der Waals surface area contributed by atoms with E-state index in [4.69, 9.17) is 4.74 Å². The van der Waals surface area contributed by atoms with Gasteiger partial charge in [-0.3, -0.25) is 0 Å². The van der Waals surface area contributed by atoms with Crippen LogP contribution in [0.4, 0.5) is 17.6 Å². The average molecular weight is 292 g/mol. The van der Waals surface area contributed by atoms with Crippen LogP contribution in [0, 0.1) is 11.7 Å². The van der Waals surface area contributed by atoms with Crippen LogP contribution in [0.2, 0.25) is 0 Å². The zero-order chi connectivity index (χ0) is 15.0. The first kappa shape index (κ1) is 15.1. The number of benzene rings is 1. The largest absolute Gasteiger partial charge is 0.496 e. The number of alkyl halides is 3. The van der Waals surface area contributed by atoms with Crippen LogP contribution in [0.5, 0.6) is 5.75 Å². The molecule has 1 aromatic rings. The smallest absolute Gasteiger partial charge is 0.391 e. The molecule has 1 aromatic carbocycles. The molecule has 1 saturated carbocycles. The quantitative estimate of drug-likeness (QED) is 0.841. The number of ether oxygens (including phenoxy) is 1. The summed E-state index contributed by atoms with van der Waals surface area (Å²) in [5.74, 6) is -1.98. The summed E-state index contributed by atoms with van der Waals surface area (Å²) in [7, 11) is 1.34. The van der Waals surface area contributed by atoms with E-state index < -0.39 is 29.9 Å². The van der Waals surface area contributed by atoms with Gasteiger partial charge in [-0.15, -0.1) is 0 Å². The van der Waals surface area contributed by atoms with E-state index in [1.54, 1.807) is 0 Å². The fourth-order valence-electron chi connectivity index (χ4n) is 2.82. The number of methoxy groups -OCH3 is 1. The van der Waals surface area contributed by atoms with E-state index in [1.807, 2.05) is 0 Å². The molecule has 1 aliphatic carbocycles. The lowest BCUT2D eigenvalue weighted by Crippen LogP contribution is -2.38. The summed E-state index contributed by atoms with van der Waals surface area (Å²) >= 11 is 0. The van der Waals surface area contributed by atoms with Gasteiger partial charge in [0.25, 0.3) is 0 Å². The minimum absolute atomic E-state index is 0.0105. The molecule has 0 amide bonds. The molecule has 0 bridgehead atoms. The van der Waals surface area contributed by atoms with Gasteiger partial charge in [0.15, 0.2) is 0 Å². The topological polar surface area (TPSA) is 29.5 Å². The van der Waals surface area contributed by atoms with Gasteiger partial charge in [0, 0.05) is 5.56 Å². The highest BCUT2D eigenvalue weighted by Gasteiger charge is 2.48. The number of hydrogen-bond acceptors (Lipinski definition) is 2. The van der Waals surface area contributed by atoms with E-state index in [0.717, 1.165) is 12.1 Å². The van der Waals surface area contributed by atoms with Gasteiger partial charge in [-0.05, 0) is 43.9 Å². The van der Waals surface area contributed by atoms with Crippen LogP contribution >= 0.6 is 0 Å². The van der Waals surface area contributed by atoms with Gasteiger partial charge in [0.2, 0.25) is 0 Å². The molecule has 20 heavy (non-hydrogen) atoms. The Morgan fingerprint density at radius 3 is 2.65 bits per heavy atom. The van der Waals surface area contributed by atoms with Crippen LogP contribution in [0.15, 0.2) is 18.2 Å². The second kappa shape index (κ2) is 5.24. The third-order valence-corrected chi connectivity index (χ3v) is 3.85. The van der Waals surface area contributed by atoms with Crippen molar-refractivity contribution >= 4 is 0 Å². The summed E-state index contributed by atoms with van der Waals surface area (Å²) in [5.41, 5.74) is -1.61. The molecule has 1 aliphatic rings. The monoisotopic (exact) mass is 292 g/mol. The van der Waals surface area contributed by atoms with E-state index in [0.29, 0.717) is 0 Å². The van der Waals surface area contributed by atoms with E-state index >= 15 is 0 Å². The normalized spacial score (nSPS) is 27.4. The zero-order valence-electron chi connectivity index (χ0n) is 11.0. The highest BCUT2D eigenvalue weighted by molar-refractivity contribution is 5.39. The van der Waals surface area contributed by atoms with Crippen molar-refractivity contribution in [3.8, 4) is 5.75 Å². The third-order valence-electron chi connectivity index (χ3n) is 3.85. The van der Waals surface area contributed by atoms with E-state index in [-0.39, 0.29) is 30.6 Å². The summed E-state index contributed by atoms with van der Waals surface area (Å²) in [6.45, 7) is 0. The van der Waals surface area contributed by atoms with Crippen molar-refractivity contribution in [3.05, 3.63) is 29.6 Å². The highest BCUT2D eigenvalue weighted by Crippen LogP contribution is 2.48. The Bertz CT molecular complexity index is 487. The first-order valence-corrected chi connectivity index (χ1v) is 6.39. The Morgan fingerprint density at radius 2 is 2.05 bits per heavy atom. The number of hydrogen-bond donors (Lipinski definition) is 1. The predicted octanol–water partition coefficient (Wildman–Crippen LogP) is 3.77. The predicted molar refractivity (Wildman–Crippen MR) is 64.9 cm³/mol. The molecule has 1 fully saturated rings. The fourth-order valence-corrected chi connectivity index (χ4v) is 2.82. The fraction of sp³-hybridized carbons (Fsp3) is 0.571. The van der Waals surface area contributed by atoms with Gasteiger partial charge in [0.1, 0.15) is 11.6 Å². The molecule has 2 rings (SSSR count). The van der Waals surface area contributed by atoms with Gasteiger partial charge in [0.05, 0.1) is 18.6 Å². The van der Waals surface area contributed by atoms with Crippen LogP contribution in [0.3, 0.4) is 0 Å². The number of aliphatic hydroxyl groups is 1. The van der Waals surface area contributed by atoms with Crippen molar-refractivity contribution in [2.75, 3.05) is 7.11 Å². The molecule has 6 heteroatoms. The van der Waals surface area contributed by atoms with Gasteiger partial charge in [-0.25, -0.2) is 4.39 Å². The molecule has 2 nitrogen and oxygen atoms in total. The molecule has 112 valence electrons. The highest BCUT2D eigenvalue weighted by atomic mass is 19.4. The minimum Gasteiger partial charge on any atom is -0.496 e. The van der Waals surface area contributed by atoms with Crippen molar-refractivity contribution in [2.24, 2.45) is 5.92 Å². The number of halogens is 4. The van der Waals surface area contributed by atoms with Crippen LogP contribution < -0.4 is 4.74 Å². The van der Waals surface area contributed by atoms with Crippen LogP contribution in [0.1, 0.15) is 31.2 Å². The molecular formula is C14H16F4O2. The summed E-state index contributed by atoms with van der Waals surface area (Å²) in [6, 6.07) is 3.52. The zero-order valence-corrected chi connectivity index (χ0v) is 11.0. The summed E-state index contributed by atoms with van der Waals surface area (Å²) < 4.78 is 56.9. The molecule has 2 atom stereocenters. The van der Waals surface area contributed by atoms with E-state index in [1.165, 1.54) is 13.2 Å². The van der Waals surface area contributed by atoms with Crippen molar-refractivity contribution in [1.82, 2.24) is 0 Å². The molecule has 0 aromatic heterocycles. The third kappa shape index (κ3) is 2.90. The number of rotatable bonds is 2. The van der Waals surface area contributed by atoms with E-state index in [9.17, 15) is 22.7 Å². The molecule has 0 aliphatic heterocycles. The van der Waals surface area contributed by atoms with E-state index in [2.05, 4.69) is 0 Å². The van der Waals surface area contributed by atoms with Gasteiger partial charge in [-0.1, -0.05) is 0 Å². The first-order chi connectivity index (χ1) is 9.26. The van der Waals surface area contributed by atoms with Crippen LogP contribution in [-0.4, -0.2) is 18.4 Å². The lowest BCUT2D eigenvalue weighted by atomic mass is 9.74. The summed E-state index contributed by atoms with van der Waals surface area (Å²) in [6.07, 6.45) is -4.42. The van der Waals surface area contributed by atoms with Crippen LogP contribution in [0.25, 0.3) is 0 Å². The molecule has 1 N–H and O–H groups in total. The second-order valence-electron chi connectivity index (χ2n) is 5.21. The van der Waals surface area contributed by atoms with Gasteiger partial charge < -0.3 is 9.84 Å². The Balaban J connectivity index is 2.37. The Morgan fingerprint density at radius 1 is 1.35 bits per heavy atom. The minimum atomic E-state index is -4.35. The maximum Gasteiger partial charge on any atom is 0.391 e. The Hall–Kier alpha value is -1.30. The summed E-state index contributed by atoms with van der Waals surface area (Å²) in [4.78, 5) is 0. The standard InChI is InChI=1S/C14H16F4O2/c1-20-12-5-4-10(15)7-11(12)13(19)6-2-3-9(8-13)14(16,17)18/h4-5,7,9,19H,2-3,6,8H2,1H3.